The van der Waals surface area contributed by atoms with Gasteiger partial charge in [0.15, 0.2) is 0 Å². The molecule has 132 valence electrons. The van der Waals surface area contributed by atoms with E-state index in [1.54, 1.807) is 6.07 Å². The summed E-state index contributed by atoms with van der Waals surface area (Å²) in [7, 11) is 0. The number of benzene rings is 3. The van der Waals surface area contributed by atoms with Gasteiger partial charge in [-0.2, -0.15) is 0 Å². The SMILES string of the molecule is C[C@@H](NC(=O)CNC(=O)c1ccccc1F)c1ccc2ccccc2c1. The van der Waals surface area contributed by atoms with Crippen molar-refractivity contribution >= 4 is 22.6 Å². The van der Waals surface area contributed by atoms with Crippen molar-refractivity contribution < 1.29 is 14.0 Å². The van der Waals surface area contributed by atoms with Crippen LogP contribution in [0.25, 0.3) is 10.8 Å². The standard InChI is InChI=1S/C21H19FN2O2/c1-14(16-11-10-15-6-2-3-7-17(15)12-16)24-20(25)13-23-21(26)18-8-4-5-9-19(18)22/h2-12,14H,13H2,1H3,(H,23,26)(H,24,25)/t14-/m1/s1. The number of hydrogen-bond donors (Lipinski definition) is 2. The molecule has 3 aromatic rings. The van der Waals surface area contributed by atoms with Crippen LogP contribution in [0.3, 0.4) is 0 Å². The molecule has 0 aromatic heterocycles. The molecule has 2 amide bonds. The third kappa shape index (κ3) is 4.06. The van der Waals surface area contributed by atoms with Crippen LogP contribution in [0, 0.1) is 5.82 Å². The first-order chi connectivity index (χ1) is 12.5. The van der Waals surface area contributed by atoms with Crippen molar-refractivity contribution in [1.29, 1.82) is 0 Å². The van der Waals surface area contributed by atoms with Crippen LogP contribution in [0.4, 0.5) is 4.39 Å². The third-order valence-electron chi connectivity index (χ3n) is 4.18. The molecule has 2 N–H and O–H groups in total. The Morgan fingerprint density at radius 3 is 2.42 bits per heavy atom. The molecule has 26 heavy (non-hydrogen) atoms. The highest BCUT2D eigenvalue weighted by molar-refractivity contribution is 5.96. The molecule has 0 saturated heterocycles. The van der Waals surface area contributed by atoms with Gasteiger partial charge in [0.2, 0.25) is 5.91 Å². The second-order valence-corrected chi connectivity index (χ2v) is 6.06. The quantitative estimate of drug-likeness (QED) is 0.739. The smallest absolute Gasteiger partial charge is 0.254 e. The zero-order valence-electron chi connectivity index (χ0n) is 14.3. The van der Waals surface area contributed by atoms with E-state index in [9.17, 15) is 14.0 Å². The fraction of sp³-hybridized carbons (Fsp3) is 0.143. The van der Waals surface area contributed by atoms with Crippen molar-refractivity contribution in [3.8, 4) is 0 Å². The molecule has 0 saturated carbocycles. The number of carbonyl (C=O) groups excluding carboxylic acids is 2. The maximum atomic E-state index is 13.6. The molecule has 3 aromatic carbocycles. The lowest BCUT2D eigenvalue weighted by Crippen LogP contribution is -2.38. The number of carbonyl (C=O) groups is 2. The molecule has 0 aliphatic heterocycles. The minimum atomic E-state index is -0.616. The first-order valence-electron chi connectivity index (χ1n) is 8.35. The van der Waals surface area contributed by atoms with Crippen LogP contribution >= 0.6 is 0 Å². The Labute approximate surface area is 151 Å². The van der Waals surface area contributed by atoms with Crippen LogP contribution in [0.15, 0.2) is 66.7 Å². The van der Waals surface area contributed by atoms with E-state index in [0.717, 1.165) is 16.3 Å². The van der Waals surface area contributed by atoms with Crippen molar-refractivity contribution in [3.63, 3.8) is 0 Å². The molecule has 0 heterocycles. The maximum absolute atomic E-state index is 13.6. The number of rotatable bonds is 5. The lowest BCUT2D eigenvalue weighted by molar-refractivity contribution is -0.120. The van der Waals surface area contributed by atoms with Crippen LogP contribution in [0.2, 0.25) is 0 Å². The normalized spacial score (nSPS) is 11.8. The van der Waals surface area contributed by atoms with E-state index >= 15 is 0 Å². The molecule has 5 heteroatoms. The highest BCUT2D eigenvalue weighted by Gasteiger charge is 2.14. The first-order valence-corrected chi connectivity index (χ1v) is 8.35. The van der Waals surface area contributed by atoms with E-state index in [2.05, 4.69) is 10.6 Å². The van der Waals surface area contributed by atoms with Crippen molar-refractivity contribution in [2.75, 3.05) is 6.54 Å². The van der Waals surface area contributed by atoms with Crippen LogP contribution in [-0.4, -0.2) is 18.4 Å². The third-order valence-corrected chi connectivity index (χ3v) is 4.18. The Morgan fingerprint density at radius 1 is 0.962 bits per heavy atom. The Balaban J connectivity index is 1.58. The average molecular weight is 350 g/mol. The molecule has 0 unspecified atom stereocenters. The average Bonchev–Trinajstić information content (AvgIpc) is 2.66. The van der Waals surface area contributed by atoms with Gasteiger partial charge in [-0.1, -0.05) is 48.5 Å². The fourth-order valence-corrected chi connectivity index (χ4v) is 2.75. The number of fused-ring (bicyclic) bond motifs is 1. The summed E-state index contributed by atoms with van der Waals surface area (Å²) in [6, 6.07) is 19.4. The van der Waals surface area contributed by atoms with Gasteiger partial charge in [0, 0.05) is 0 Å². The molecular formula is C21H19FN2O2. The minimum Gasteiger partial charge on any atom is -0.348 e. The lowest BCUT2D eigenvalue weighted by atomic mass is 10.0. The molecule has 0 fully saturated rings. The molecular weight excluding hydrogens is 331 g/mol. The maximum Gasteiger partial charge on any atom is 0.254 e. The van der Waals surface area contributed by atoms with Gasteiger partial charge in [-0.05, 0) is 41.5 Å². The van der Waals surface area contributed by atoms with Crippen molar-refractivity contribution in [2.24, 2.45) is 0 Å². The van der Waals surface area contributed by atoms with Crippen LogP contribution < -0.4 is 10.6 Å². The van der Waals surface area contributed by atoms with E-state index in [-0.39, 0.29) is 24.1 Å². The van der Waals surface area contributed by atoms with E-state index in [4.69, 9.17) is 0 Å². The van der Waals surface area contributed by atoms with Crippen LogP contribution in [0.1, 0.15) is 28.9 Å². The van der Waals surface area contributed by atoms with Gasteiger partial charge in [-0.15, -0.1) is 0 Å². The summed E-state index contributed by atoms with van der Waals surface area (Å²) in [6.45, 7) is 1.66. The lowest BCUT2D eigenvalue weighted by Gasteiger charge is -2.15. The molecule has 0 spiro atoms. The second-order valence-electron chi connectivity index (χ2n) is 6.06. The monoisotopic (exact) mass is 350 g/mol. The highest BCUT2D eigenvalue weighted by atomic mass is 19.1. The number of hydrogen-bond acceptors (Lipinski definition) is 2. The van der Waals surface area contributed by atoms with Gasteiger partial charge in [-0.3, -0.25) is 9.59 Å². The Bertz CT molecular complexity index is 955. The van der Waals surface area contributed by atoms with E-state index in [1.807, 2.05) is 49.4 Å². The summed E-state index contributed by atoms with van der Waals surface area (Å²) in [5, 5.41) is 7.50. The molecule has 0 radical (unpaired) electrons. The predicted octanol–water partition coefficient (Wildman–Crippen LogP) is 3.59. The minimum absolute atomic E-state index is 0.0807. The number of amides is 2. The van der Waals surface area contributed by atoms with E-state index in [1.165, 1.54) is 18.2 Å². The molecule has 3 rings (SSSR count). The van der Waals surface area contributed by atoms with E-state index in [0.29, 0.717) is 0 Å². The van der Waals surface area contributed by atoms with Gasteiger partial charge in [-0.25, -0.2) is 4.39 Å². The van der Waals surface area contributed by atoms with Crippen LogP contribution in [-0.2, 0) is 4.79 Å². The summed E-state index contributed by atoms with van der Waals surface area (Å²) in [6.07, 6.45) is 0. The Morgan fingerprint density at radius 2 is 1.65 bits per heavy atom. The second kappa shape index (κ2) is 7.78. The first kappa shape index (κ1) is 17.6. The van der Waals surface area contributed by atoms with Crippen molar-refractivity contribution in [1.82, 2.24) is 10.6 Å². The Kier molecular flexibility index (Phi) is 5.27. The zero-order chi connectivity index (χ0) is 18.5. The molecule has 4 nitrogen and oxygen atoms in total. The summed E-state index contributed by atoms with van der Waals surface area (Å²) < 4.78 is 13.6. The van der Waals surface area contributed by atoms with Crippen LogP contribution in [0.5, 0.6) is 0 Å². The van der Waals surface area contributed by atoms with Crippen molar-refractivity contribution in [2.45, 2.75) is 13.0 Å². The van der Waals surface area contributed by atoms with Gasteiger partial charge < -0.3 is 10.6 Å². The largest absolute Gasteiger partial charge is 0.348 e. The molecule has 0 bridgehead atoms. The summed E-state index contributed by atoms with van der Waals surface area (Å²) in [5.41, 5.74) is 0.889. The van der Waals surface area contributed by atoms with E-state index < -0.39 is 11.7 Å². The zero-order valence-corrected chi connectivity index (χ0v) is 14.3. The number of nitrogens with one attached hydrogen (secondary N) is 2. The topological polar surface area (TPSA) is 58.2 Å². The summed E-state index contributed by atoms with van der Waals surface area (Å²) in [5.74, 6) is -1.57. The highest BCUT2D eigenvalue weighted by Crippen LogP contribution is 2.20. The van der Waals surface area contributed by atoms with Gasteiger partial charge in [0.05, 0.1) is 18.2 Å². The molecule has 1 atom stereocenters. The van der Waals surface area contributed by atoms with Gasteiger partial charge >= 0.3 is 0 Å². The van der Waals surface area contributed by atoms with Crippen molar-refractivity contribution in [3.05, 3.63) is 83.7 Å². The fourth-order valence-electron chi connectivity index (χ4n) is 2.75. The van der Waals surface area contributed by atoms with Gasteiger partial charge in [0.25, 0.3) is 5.91 Å². The van der Waals surface area contributed by atoms with Gasteiger partial charge in [0.1, 0.15) is 5.82 Å². The molecule has 0 aliphatic rings. The summed E-state index contributed by atoms with van der Waals surface area (Å²) in [4.78, 5) is 24.0. The number of halogens is 1. The Hall–Kier alpha value is -3.21. The summed E-state index contributed by atoms with van der Waals surface area (Å²) >= 11 is 0. The predicted molar refractivity (Wildman–Crippen MR) is 99.2 cm³/mol. The molecule has 0 aliphatic carbocycles.